The van der Waals surface area contributed by atoms with Gasteiger partial charge in [0.2, 0.25) is 0 Å². The molecule has 0 aromatic heterocycles. The van der Waals surface area contributed by atoms with Crippen molar-refractivity contribution in [2.24, 2.45) is 9.98 Å². The van der Waals surface area contributed by atoms with E-state index >= 15 is 0 Å². The summed E-state index contributed by atoms with van der Waals surface area (Å²) >= 11 is 0. The van der Waals surface area contributed by atoms with Crippen molar-refractivity contribution in [3.63, 3.8) is 0 Å². The molecule has 0 amide bonds. The molecule has 74 valence electrons. The molecule has 0 heterocycles. The smallest absolute Gasteiger partial charge is 0.0415 e. The summed E-state index contributed by atoms with van der Waals surface area (Å²) in [5.74, 6) is 0. The third-order valence-electron chi connectivity index (χ3n) is 1.76. The molecule has 0 aromatic rings. The van der Waals surface area contributed by atoms with E-state index in [4.69, 9.17) is 0 Å². The Hall–Kier alpha value is -0.920. The molecule has 0 aromatic carbocycles. The number of aliphatic imine (C=N–C) groups is 2. The molecule has 0 unspecified atom stereocenters. The van der Waals surface area contributed by atoms with Gasteiger partial charge < -0.3 is 0 Å². The summed E-state index contributed by atoms with van der Waals surface area (Å²) in [7, 11) is 0. The van der Waals surface area contributed by atoms with E-state index in [2.05, 4.69) is 30.8 Å². The number of hydrogen-bond donors (Lipinski definition) is 0. The average molecular weight is 180 g/mol. The Bertz CT molecular complexity index is 212. The Balaban J connectivity index is 4.33. The average Bonchev–Trinajstić information content (AvgIpc) is 2.16. The summed E-state index contributed by atoms with van der Waals surface area (Å²) in [6.45, 7) is 9.14. The fourth-order valence-corrected chi connectivity index (χ4v) is 0.803. The predicted molar refractivity (Wildman–Crippen MR) is 60.8 cm³/mol. The zero-order chi connectivity index (χ0) is 10.1. The van der Waals surface area contributed by atoms with Crippen molar-refractivity contribution in [2.45, 2.75) is 40.5 Å². The zero-order valence-corrected chi connectivity index (χ0v) is 9.17. The molecular weight excluding hydrogens is 160 g/mol. The van der Waals surface area contributed by atoms with Gasteiger partial charge in [0.05, 0.1) is 0 Å². The Kier molecular flexibility index (Phi) is 7.17. The van der Waals surface area contributed by atoms with Crippen LogP contribution in [0.15, 0.2) is 21.8 Å². The highest BCUT2D eigenvalue weighted by Gasteiger charge is 1.90. The van der Waals surface area contributed by atoms with Crippen molar-refractivity contribution in [3.05, 3.63) is 11.8 Å². The second kappa shape index (κ2) is 7.71. The first kappa shape index (κ1) is 12.1. The molecule has 2 heteroatoms. The Morgan fingerprint density at radius 3 is 2.31 bits per heavy atom. The van der Waals surface area contributed by atoms with Crippen LogP contribution in [0.4, 0.5) is 0 Å². The normalized spacial score (nSPS) is 14.2. The number of nitrogens with zero attached hydrogens (tertiary/aromatic N) is 2. The fourth-order valence-electron chi connectivity index (χ4n) is 0.803. The van der Waals surface area contributed by atoms with E-state index in [1.54, 1.807) is 0 Å². The highest BCUT2D eigenvalue weighted by molar-refractivity contribution is 5.83. The predicted octanol–water partition coefficient (Wildman–Crippen LogP) is 3.24. The SMILES string of the molecule is CCN=C/C=C(\CC)N=C(C)CC. The molecule has 2 nitrogen and oxygen atoms in total. The van der Waals surface area contributed by atoms with Crippen molar-refractivity contribution in [1.82, 2.24) is 0 Å². The third-order valence-corrected chi connectivity index (χ3v) is 1.76. The molecule has 0 aliphatic carbocycles. The number of rotatable bonds is 5. The lowest BCUT2D eigenvalue weighted by Gasteiger charge is -1.97. The molecule has 13 heavy (non-hydrogen) atoms. The van der Waals surface area contributed by atoms with Crippen LogP contribution in [0.3, 0.4) is 0 Å². The molecule has 0 spiro atoms. The molecular formula is C11H20N2. The topological polar surface area (TPSA) is 24.7 Å². The summed E-state index contributed by atoms with van der Waals surface area (Å²) in [6.07, 6.45) is 5.81. The highest BCUT2D eigenvalue weighted by atomic mass is 14.8. The second-order valence-corrected chi connectivity index (χ2v) is 2.86. The van der Waals surface area contributed by atoms with Gasteiger partial charge >= 0.3 is 0 Å². The molecule has 0 bridgehead atoms. The molecule has 0 aliphatic rings. The van der Waals surface area contributed by atoms with E-state index in [0.29, 0.717) is 0 Å². The van der Waals surface area contributed by atoms with Gasteiger partial charge in [0.1, 0.15) is 0 Å². The van der Waals surface area contributed by atoms with Gasteiger partial charge in [0.25, 0.3) is 0 Å². The maximum Gasteiger partial charge on any atom is 0.0415 e. The molecule has 0 rings (SSSR count). The Morgan fingerprint density at radius 1 is 1.15 bits per heavy atom. The summed E-state index contributed by atoms with van der Waals surface area (Å²) < 4.78 is 0. The van der Waals surface area contributed by atoms with E-state index in [1.807, 2.05) is 19.2 Å². The first-order valence-corrected chi connectivity index (χ1v) is 4.97. The van der Waals surface area contributed by atoms with Crippen LogP contribution in [-0.4, -0.2) is 18.5 Å². The van der Waals surface area contributed by atoms with Crippen LogP contribution in [0.2, 0.25) is 0 Å². The van der Waals surface area contributed by atoms with Crippen LogP contribution in [0, 0.1) is 0 Å². The van der Waals surface area contributed by atoms with Crippen molar-refractivity contribution < 1.29 is 0 Å². The standard InChI is InChI=1S/C11H20N2/c1-5-10(4)13-11(6-2)8-9-12-7-3/h8-9H,5-7H2,1-4H3/b11-8+,12-9?,13-10?. The minimum Gasteiger partial charge on any atom is -0.293 e. The van der Waals surface area contributed by atoms with Gasteiger partial charge in [-0.2, -0.15) is 0 Å². The molecule has 0 atom stereocenters. The summed E-state index contributed by atoms with van der Waals surface area (Å²) in [5.41, 5.74) is 2.29. The monoisotopic (exact) mass is 180 g/mol. The molecule has 0 N–H and O–H groups in total. The van der Waals surface area contributed by atoms with Gasteiger partial charge in [-0.3, -0.25) is 9.98 Å². The van der Waals surface area contributed by atoms with E-state index in [9.17, 15) is 0 Å². The molecule has 0 saturated heterocycles. The number of allylic oxidation sites excluding steroid dienone is 2. The van der Waals surface area contributed by atoms with Gasteiger partial charge in [0, 0.05) is 24.2 Å². The Labute approximate surface area is 81.5 Å². The second-order valence-electron chi connectivity index (χ2n) is 2.86. The summed E-state index contributed by atoms with van der Waals surface area (Å²) in [5, 5.41) is 0. The van der Waals surface area contributed by atoms with Gasteiger partial charge in [-0.1, -0.05) is 13.8 Å². The Morgan fingerprint density at radius 2 is 1.85 bits per heavy atom. The van der Waals surface area contributed by atoms with Crippen LogP contribution >= 0.6 is 0 Å². The summed E-state index contributed by atoms with van der Waals surface area (Å²) in [4.78, 5) is 8.59. The van der Waals surface area contributed by atoms with E-state index in [1.165, 1.54) is 5.71 Å². The van der Waals surface area contributed by atoms with Gasteiger partial charge in [0.15, 0.2) is 0 Å². The van der Waals surface area contributed by atoms with E-state index in [0.717, 1.165) is 25.1 Å². The molecule has 0 fully saturated rings. The van der Waals surface area contributed by atoms with Gasteiger partial charge in [-0.25, -0.2) is 0 Å². The van der Waals surface area contributed by atoms with Crippen molar-refractivity contribution in [1.29, 1.82) is 0 Å². The van der Waals surface area contributed by atoms with E-state index < -0.39 is 0 Å². The minimum atomic E-state index is 0.837. The van der Waals surface area contributed by atoms with Crippen molar-refractivity contribution in [3.8, 4) is 0 Å². The first-order chi connectivity index (χ1) is 6.24. The maximum atomic E-state index is 4.47. The fraction of sp³-hybridized carbons (Fsp3) is 0.636. The van der Waals surface area contributed by atoms with Crippen molar-refractivity contribution >= 4 is 11.9 Å². The maximum absolute atomic E-state index is 4.47. The number of hydrogen-bond acceptors (Lipinski definition) is 2. The summed E-state index contributed by atoms with van der Waals surface area (Å²) in [6, 6.07) is 0. The lowest BCUT2D eigenvalue weighted by atomic mass is 10.3. The highest BCUT2D eigenvalue weighted by Crippen LogP contribution is 2.02. The largest absolute Gasteiger partial charge is 0.293 e. The van der Waals surface area contributed by atoms with Crippen LogP contribution in [0.25, 0.3) is 0 Å². The molecule has 0 aliphatic heterocycles. The van der Waals surface area contributed by atoms with Crippen molar-refractivity contribution in [2.75, 3.05) is 6.54 Å². The minimum absolute atomic E-state index is 0.837. The quantitative estimate of drug-likeness (QED) is 0.580. The lowest BCUT2D eigenvalue weighted by Crippen LogP contribution is -1.89. The van der Waals surface area contributed by atoms with Crippen LogP contribution in [0.1, 0.15) is 40.5 Å². The molecule has 0 radical (unpaired) electrons. The first-order valence-electron chi connectivity index (χ1n) is 4.97. The van der Waals surface area contributed by atoms with Gasteiger partial charge in [-0.05, 0) is 32.8 Å². The van der Waals surface area contributed by atoms with Crippen LogP contribution in [-0.2, 0) is 0 Å². The van der Waals surface area contributed by atoms with Crippen LogP contribution in [0.5, 0.6) is 0 Å². The van der Waals surface area contributed by atoms with Gasteiger partial charge in [-0.15, -0.1) is 0 Å². The molecule has 0 saturated carbocycles. The lowest BCUT2D eigenvalue weighted by molar-refractivity contribution is 1.06. The zero-order valence-electron chi connectivity index (χ0n) is 9.17. The van der Waals surface area contributed by atoms with E-state index in [-0.39, 0.29) is 0 Å². The third kappa shape index (κ3) is 6.26. The van der Waals surface area contributed by atoms with Crippen LogP contribution < -0.4 is 0 Å².